The van der Waals surface area contributed by atoms with Crippen LogP contribution in [0, 0.1) is 6.92 Å². The van der Waals surface area contributed by atoms with Crippen LogP contribution in [0.15, 0.2) is 47.4 Å². The van der Waals surface area contributed by atoms with Crippen molar-refractivity contribution >= 4 is 42.6 Å². The van der Waals surface area contributed by atoms with E-state index in [1.165, 1.54) is 26.6 Å². The second kappa shape index (κ2) is 7.98. The maximum atomic E-state index is 13.0. The van der Waals surface area contributed by atoms with Crippen molar-refractivity contribution in [3.63, 3.8) is 0 Å². The van der Waals surface area contributed by atoms with Gasteiger partial charge in [-0.3, -0.25) is 9.69 Å². The molecule has 6 nitrogen and oxygen atoms in total. The lowest BCUT2D eigenvalue weighted by atomic mass is 10.1. The number of sulfonamides is 1. The molecule has 1 aromatic heterocycles. The Bertz CT molecular complexity index is 1090. The first-order valence-electron chi connectivity index (χ1n) is 9.04. The zero-order valence-electron chi connectivity index (χ0n) is 16.3. The van der Waals surface area contributed by atoms with E-state index in [-0.39, 0.29) is 10.8 Å². The van der Waals surface area contributed by atoms with E-state index < -0.39 is 10.0 Å². The fourth-order valence-electron chi connectivity index (χ4n) is 3.00. The lowest BCUT2D eigenvalue weighted by Crippen LogP contribution is -2.31. The number of hydrogen-bond donors (Lipinski definition) is 0. The molecule has 8 heteroatoms. The second-order valence-electron chi connectivity index (χ2n) is 6.40. The van der Waals surface area contributed by atoms with Gasteiger partial charge in [-0.1, -0.05) is 43.4 Å². The van der Waals surface area contributed by atoms with Crippen molar-refractivity contribution < 1.29 is 13.2 Å². The van der Waals surface area contributed by atoms with E-state index in [1.54, 1.807) is 40.0 Å². The largest absolute Gasteiger partial charge is 0.287 e. The van der Waals surface area contributed by atoms with E-state index in [4.69, 9.17) is 0 Å². The van der Waals surface area contributed by atoms with E-state index in [1.807, 2.05) is 24.3 Å². The molecule has 0 fully saturated rings. The van der Waals surface area contributed by atoms with Gasteiger partial charge < -0.3 is 0 Å². The Kier molecular flexibility index (Phi) is 5.83. The number of rotatable bonds is 6. The van der Waals surface area contributed by atoms with Crippen molar-refractivity contribution in [3.8, 4) is 0 Å². The van der Waals surface area contributed by atoms with Crippen LogP contribution in [0.4, 0.5) is 5.13 Å². The predicted molar refractivity (Wildman–Crippen MR) is 114 cm³/mol. The Labute approximate surface area is 169 Å². The number of fused-ring (bicyclic) bond motifs is 1. The van der Waals surface area contributed by atoms with E-state index in [2.05, 4.69) is 4.98 Å². The molecule has 3 rings (SSSR count). The molecule has 0 aliphatic rings. The summed E-state index contributed by atoms with van der Waals surface area (Å²) in [5, 5.41) is 0.569. The summed E-state index contributed by atoms with van der Waals surface area (Å²) < 4.78 is 28.3. The fourth-order valence-corrected chi connectivity index (χ4v) is 5.63. The van der Waals surface area contributed by atoms with Crippen LogP contribution in [-0.4, -0.2) is 43.8 Å². The monoisotopic (exact) mass is 417 g/mol. The number of benzene rings is 2. The van der Waals surface area contributed by atoms with Crippen LogP contribution in [0.5, 0.6) is 0 Å². The van der Waals surface area contributed by atoms with Crippen molar-refractivity contribution in [2.45, 2.75) is 25.7 Å². The minimum absolute atomic E-state index is 0.166. The topological polar surface area (TPSA) is 70.6 Å². The van der Waals surface area contributed by atoms with Gasteiger partial charge in [-0.05, 0) is 36.8 Å². The highest BCUT2D eigenvalue weighted by atomic mass is 32.2. The molecule has 1 heterocycles. The first-order valence-corrected chi connectivity index (χ1v) is 11.3. The van der Waals surface area contributed by atoms with E-state index in [9.17, 15) is 13.2 Å². The normalized spacial score (nSPS) is 11.9. The molecule has 3 aromatic rings. The van der Waals surface area contributed by atoms with Crippen LogP contribution in [0.2, 0.25) is 0 Å². The maximum Gasteiger partial charge on any atom is 0.259 e. The Morgan fingerprint density at radius 2 is 1.79 bits per heavy atom. The molecule has 0 unspecified atom stereocenters. The van der Waals surface area contributed by atoms with Gasteiger partial charge in [0.05, 0.1) is 15.1 Å². The zero-order valence-corrected chi connectivity index (χ0v) is 18.0. The molecular formula is C20H23N3O3S2. The predicted octanol–water partition coefficient (Wildman–Crippen LogP) is 3.91. The number of amides is 1. The molecular weight excluding hydrogens is 394 g/mol. The van der Waals surface area contributed by atoms with Crippen molar-refractivity contribution in [2.24, 2.45) is 0 Å². The second-order valence-corrected chi connectivity index (χ2v) is 9.31. The van der Waals surface area contributed by atoms with Crippen LogP contribution in [-0.2, 0) is 10.0 Å². The lowest BCUT2D eigenvalue weighted by molar-refractivity contribution is 0.0993. The number of hydrogen-bond acceptors (Lipinski definition) is 5. The molecule has 0 atom stereocenters. The third-order valence-corrected chi connectivity index (χ3v) is 7.94. The third kappa shape index (κ3) is 3.67. The molecule has 0 aliphatic heterocycles. The van der Waals surface area contributed by atoms with E-state index in [0.29, 0.717) is 29.3 Å². The van der Waals surface area contributed by atoms with Gasteiger partial charge in [0.15, 0.2) is 5.13 Å². The summed E-state index contributed by atoms with van der Waals surface area (Å²) in [4.78, 5) is 19.1. The Morgan fingerprint density at radius 3 is 2.43 bits per heavy atom. The summed E-state index contributed by atoms with van der Waals surface area (Å²) in [5.41, 5.74) is 1.76. The van der Waals surface area contributed by atoms with E-state index >= 15 is 0 Å². The first kappa shape index (κ1) is 20.4. The van der Waals surface area contributed by atoms with Gasteiger partial charge in [0.1, 0.15) is 0 Å². The van der Waals surface area contributed by atoms with Crippen LogP contribution in [0.1, 0.15) is 29.8 Å². The number of anilines is 1. The molecule has 148 valence electrons. The van der Waals surface area contributed by atoms with Gasteiger partial charge in [0.2, 0.25) is 10.0 Å². The number of thiazole rings is 1. The molecule has 28 heavy (non-hydrogen) atoms. The smallest absolute Gasteiger partial charge is 0.259 e. The third-order valence-electron chi connectivity index (χ3n) is 4.63. The van der Waals surface area contributed by atoms with Gasteiger partial charge in [-0.25, -0.2) is 13.4 Å². The average Bonchev–Trinajstić information content (AvgIpc) is 3.12. The van der Waals surface area contributed by atoms with Crippen LogP contribution >= 0.6 is 11.3 Å². The summed E-state index contributed by atoms with van der Waals surface area (Å²) in [5.74, 6) is -0.296. The van der Waals surface area contributed by atoms with Crippen LogP contribution in [0.25, 0.3) is 10.2 Å². The first-order chi connectivity index (χ1) is 13.3. The number of nitrogens with zero attached hydrogens (tertiary/aromatic N) is 3. The van der Waals surface area contributed by atoms with Crippen molar-refractivity contribution in [3.05, 3.63) is 53.6 Å². The minimum atomic E-state index is -3.65. The molecule has 0 bridgehead atoms. The van der Waals surface area contributed by atoms with Gasteiger partial charge in [-0.2, -0.15) is 4.31 Å². The molecule has 0 spiro atoms. The highest BCUT2D eigenvalue weighted by Gasteiger charge is 2.26. The van der Waals surface area contributed by atoms with E-state index in [0.717, 1.165) is 10.2 Å². The molecule has 0 saturated carbocycles. The SMILES string of the molecule is CCN(CC)S(=O)(=O)c1cc(C(=O)N(C)c2nc3ccccc3s2)ccc1C. The summed E-state index contributed by atoms with van der Waals surface area (Å²) in [6, 6.07) is 12.5. The van der Waals surface area contributed by atoms with Crippen molar-refractivity contribution in [1.82, 2.24) is 9.29 Å². The summed E-state index contributed by atoms with van der Waals surface area (Å²) in [6.07, 6.45) is 0. The van der Waals surface area contributed by atoms with Crippen molar-refractivity contribution in [2.75, 3.05) is 25.0 Å². The highest BCUT2D eigenvalue weighted by Crippen LogP contribution is 2.29. The molecule has 0 aliphatic carbocycles. The number of aromatic nitrogens is 1. The lowest BCUT2D eigenvalue weighted by Gasteiger charge is -2.21. The standard InChI is InChI=1S/C20H23N3O3S2/c1-5-23(6-2)28(25,26)18-13-15(12-11-14(18)3)19(24)22(4)20-21-16-9-7-8-10-17(16)27-20/h7-13H,5-6H2,1-4H3. The van der Waals surface area contributed by atoms with Crippen molar-refractivity contribution in [1.29, 1.82) is 0 Å². The molecule has 0 saturated heterocycles. The molecule has 2 aromatic carbocycles. The average molecular weight is 418 g/mol. The van der Waals surface area contributed by atoms with Gasteiger partial charge >= 0.3 is 0 Å². The number of para-hydroxylation sites is 1. The summed E-state index contributed by atoms with van der Waals surface area (Å²) in [7, 11) is -2.00. The molecule has 0 N–H and O–H groups in total. The molecule has 0 radical (unpaired) electrons. The van der Waals surface area contributed by atoms with Gasteiger partial charge in [0.25, 0.3) is 5.91 Å². The maximum absolute atomic E-state index is 13.0. The highest BCUT2D eigenvalue weighted by molar-refractivity contribution is 7.89. The number of aryl methyl sites for hydroxylation is 1. The van der Waals surface area contributed by atoms with Crippen LogP contribution < -0.4 is 4.90 Å². The number of carbonyl (C=O) groups excluding carboxylic acids is 1. The Morgan fingerprint density at radius 1 is 1.11 bits per heavy atom. The summed E-state index contributed by atoms with van der Waals surface area (Å²) in [6.45, 7) is 6.09. The van der Waals surface area contributed by atoms with Gasteiger partial charge in [-0.15, -0.1) is 0 Å². The van der Waals surface area contributed by atoms with Crippen LogP contribution in [0.3, 0.4) is 0 Å². The number of carbonyl (C=O) groups is 1. The quantitative estimate of drug-likeness (QED) is 0.610. The summed E-state index contributed by atoms with van der Waals surface area (Å²) >= 11 is 1.42. The van der Waals surface area contributed by atoms with Gasteiger partial charge in [0, 0.05) is 25.7 Å². The Hall–Kier alpha value is -2.29. The minimum Gasteiger partial charge on any atom is -0.287 e. The Balaban J connectivity index is 1.98. The molecule has 1 amide bonds. The fraction of sp³-hybridized carbons (Fsp3) is 0.300. The zero-order chi connectivity index (χ0) is 20.5.